The number of nitrogens with zero attached hydrogens (tertiary/aromatic N) is 2. The lowest BCUT2D eigenvalue weighted by molar-refractivity contribution is -0.121. The number of amides is 1. The Morgan fingerprint density at radius 1 is 1.39 bits per heavy atom. The SMILES string of the molecule is CCC(=O)NCc1nnc(-c2cccc(C)c2)o1. The van der Waals surface area contributed by atoms with Crippen LogP contribution in [0.25, 0.3) is 11.5 Å². The molecular formula is C13H15N3O2. The molecule has 0 aliphatic rings. The molecule has 0 fully saturated rings. The van der Waals surface area contributed by atoms with Gasteiger partial charge in [-0.15, -0.1) is 10.2 Å². The third-order valence-corrected chi connectivity index (χ3v) is 2.49. The topological polar surface area (TPSA) is 68.0 Å². The minimum absolute atomic E-state index is 0.0368. The standard InChI is InChI=1S/C13H15N3O2/c1-3-11(17)14-8-12-15-16-13(18-12)10-6-4-5-9(2)7-10/h4-7H,3,8H2,1-2H3,(H,14,17). The van der Waals surface area contributed by atoms with E-state index in [9.17, 15) is 4.79 Å². The minimum atomic E-state index is -0.0368. The highest BCUT2D eigenvalue weighted by Gasteiger charge is 2.09. The maximum atomic E-state index is 11.1. The van der Waals surface area contributed by atoms with Gasteiger partial charge in [-0.3, -0.25) is 4.79 Å². The van der Waals surface area contributed by atoms with Crippen molar-refractivity contribution in [3.8, 4) is 11.5 Å². The fourth-order valence-corrected chi connectivity index (χ4v) is 1.52. The number of aryl methyl sites for hydroxylation is 1. The fourth-order valence-electron chi connectivity index (χ4n) is 1.52. The molecule has 1 amide bonds. The van der Waals surface area contributed by atoms with E-state index in [1.165, 1.54) is 0 Å². The van der Waals surface area contributed by atoms with Gasteiger partial charge in [-0.05, 0) is 19.1 Å². The van der Waals surface area contributed by atoms with Crippen LogP contribution in [-0.4, -0.2) is 16.1 Å². The second-order valence-electron chi connectivity index (χ2n) is 4.00. The highest BCUT2D eigenvalue weighted by molar-refractivity contribution is 5.75. The van der Waals surface area contributed by atoms with Gasteiger partial charge < -0.3 is 9.73 Å². The van der Waals surface area contributed by atoms with E-state index < -0.39 is 0 Å². The number of aromatic nitrogens is 2. The van der Waals surface area contributed by atoms with Gasteiger partial charge >= 0.3 is 0 Å². The quantitative estimate of drug-likeness (QED) is 0.895. The predicted octanol–water partition coefficient (Wildman–Crippen LogP) is 2.07. The van der Waals surface area contributed by atoms with Gasteiger partial charge in [0.2, 0.25) is 17.7 Å². The van der Waals surface area contributed by atoms with Gasteiger partial charge in [-0.2, -0.15) is 0 Å². The summed E-state index contributed by atoms with van der Waals surface area (Å²) < 4.78 is 5.48. The number of carbonyl (C=O) groups is 1. The normalized spacial score (nSPS) is 10.3. The van der Waals surface area contributed by atoms with Crippen LogP contribution in [0.1, 0.15) is 24.8 Å². The Morgan fingerprint density at radius 3 is 2.94 bits per heavy atom. The summed E-state index contributed by atoms with van der Waals surface area (Å²) >= 11 is 0. The van der Waals surface area contributed by atoms with Crippen LogP contribution in [0.15, 0.2) is 28.7 Å². The molecule has 0 radical (unpaired) electrons. The van der Waals surface area contributed by atoms with Crippen LogP contribution in [-0.2, 0) is 11.3 Å². The second-order valence-corrected chi connectivity index (χ2v) is 4.00. The first-order valence-electron chi connectivity index (χ1n) is 5.85. The number of nitrogens with one attached hydrogen (secondary N) is 1. The van der Waals surface area contributed by atoms with Crippen molar-refractivity contribution in [2.24, 2.45) is 0 Å². The van der Waals surface area contributed by atoms with Gasteiger partial charge in [0.1, 0.15) is 0 Å². The summed E-state index contributed by atoms with van der Waals surface area (Å²) in [5.41, 5.74) is 2.02. The van der Waals surface area contributed by atoms with E-state index in [1.807, 2.05) is 31.2 Å². The lowest BCUT2D eigenvalue weighted by Gasteiger charge is -1.98. The molecule has 0 aliphatic heterocycles. The van der Waals surface area contributed by atoms with Crippen molar-refractivity contribution >= 4 is 5.91 Å². The molecule has 0 bridgehead atoms. The molecule has 2 rings (SSSR count). The van der Waals surface area contributed by atoms with Gasteiger partial charge in [0.25, 0.3) is 0 Å². The molecule has 0 aliphatic carbocycles. The van der Waals surface area contributed by atoms with Crippen LogP contribution in [0.4, 0.5) is 0 Å². The van der Waals surface area contributed by atoms with E-state index in [0.717, 1.165) is 11.1 Å². The van der Waals surface area contributed by atoms with E-state index in [-0.39, 0.29) is 12.5 Å². The van der Waals surface area contributed by atoms with Crippen LogP contribution in [0.2, 0.25) is 0 Å². The molecule has 0 spiro atoms. The molecule has 1 aromatic carbocycles. The van der Waals surface area contributed by atoms with Crippen LogP contribution in [0.5, 0.6) is 0 Å². The van der Waals surface area contributed by atoms with Gasteiger partial charge in [0.05, 0.1) is 6.54 Å². The van der Waals surface area contributed by atoms with Crippen molar-refractivity contribution in [2.75, 3.05) is 0 Å². The third-order valence-electron chi connectivity index (χ3n) is 2.49. The van der Waals surface area contributed by atoms with E-state index in [4.69, 9.17) is 4.42 Å². The summed E-state index contributed by atoms with van der Waals surface area (Å²) in [5, 5.41) is 10.6. The zero-order chi connectivity index (χ0) is 13.0. The number of carbonyl (C=O) groups excluding carboxylic acids is 1. The van der Waals surface area contributed by atoms with Crippen molar-refractivity contribution in [3.05, 3.63) is 35.7 Å². The van der Waals surface area contributed by atoms with E-state index in [0.29, 0.717) is 18.2 Å². The summed E-state index contributed by atoms with van der Waals surface area (Å²) in [6.45, 7) is 4.06. The first-order valence-corrected chi connectivity index (χ1v) is 5.85. The van der Waals surface area contributed by atoms with Crippen molar-refractivity contribution < 1.29 is 9.21 Å². The third kappa shape index (κ3) is 2.94. The van der Waals surface area contributed by atoms with Crippen molar-refractivity contribution in [3.63, 3.8) is 0 Å². The van der Waals surface area contributed by atoms with Gasteiger partial charge in [-0.25, -0.2) is 0 Å². The summed E-state index contributed by atoms with van der Waals surface area (Å²) in [6.07, 6.45) is 0.443. The molecule has 0 saturated carbocycles. The van der Waals surface area contributed by atoms with Crippen molar-refractivity contribution in [1.82, 2.24) is 15.5 Å². The molecule has 1 heterocycles. The molecule has 0 unspecified atom stereocenters. The molecule has 5 heteroatoms. The maximum Gasteiger partial charge on any atom is 0.247 e. The Morgan fingerprint density at radius 2 is 2.22 bits per heavy atom. The zero-order valence-corrected chi connectivity index (χ0v) is 10.4. The first-order chi connectivity index (χ1) is 8.69. The Balaban J connectivity index is 2.08. The van der Waals surface area contributed by atoms with Gasteiger partial charge in [0.15, 0.2) is 0 Å². The van der Waals surface area contributed by atoms with Crippen LogP contribution in [0, 0.1) is 6.92 Å². The average Bonchev–Trinajstić information content (AvgIpc) is 2.84. The first kappa shape index (κ1) is 12.3. The van der Waals surface area contributed by atoms with E-state index in [1.54, 1.807) is 6.92 Å². The lowest BCUT2D eigenvalue weighted by Crippen LogP contribution is -2.21. The molecule has 0 saturated heterocycles. The molecule has 1 N–H and O–H groups in total. The molecule has 0 atom stereocenters. The Bertz CT molecular complexity index is 549. The van der Waals surface area contributed by atoms with E-state index >= 15 is 0 Å². The highest BCUT2D eigenvalue weighted by atomic mass is 16.4. The highest BCUT2D eigenvalue weighted by Crippen LogP contribution is 2.18. The van der Waals surface area contributed by atoms with Crippen LogP contribution >= 0.6 is 0 Å². The smallest absolute Gasteiger partial charge is 0.247 e. The Hall–Kier alpha value is -2.17. The Kier molecular flexibility index (Phi) is 3.72. The second kappa shape index (κ2) is 5.44. The summed E-state index contributed by atoms with van der Waals surface area (Å²) in [6, 6.07) is 7.83. The monoisotopic (exact) mass is 245 g/mol. The number of hydrogen-bond acceptors (Lipinski definition) is 4. The minimum Gasteiger partial charge on any atom is -0.419 e. The van der Waals surface area contributed by atoms with Crippen molar-refractivity contribution in [2.45, 2.75) is 26.8 Å². The molecule has 2 aromatic rings. The van der Waals surface area contributed by atoms with Gasteiger partial charge in [0, 0.05) is 12.0 Å². The maximum absolute atomic E-state index is 11.1. The molecular weight excluding hydrogens is 230 g/mol. The summed E-state index contributed by atoms with van der Waals surface area (Å²) in [7, 11) is 0. The number of rotatable bonds is 4. The number of benzene rings is 1. The van der Waals surface area contributed by atoms with E-state index in [2.05, 4.69) is 15.5 Å². The average molecular weight is 245 g/mol. The fraction of sp³-hybridized carbons (Fsp3) is 0.308. The molecule has 5 nitrogen and oxygen atoms in total. The van der Waals surface area contributed by atoms with Gasteiger partial charge in [-0.1, -0.05) is 24.6 Å². The predicted molar refractivity (Wildman–Crippen MR) is 66.6 cm³/mol. The Labute approximate surface area is 105 Å². The molecule has 18 heavy (non-hydrogen) atoms. The molecule has 94 valence electrons. The van der Waals surface area contributed by atoms with Crippen LogP contribution in [0.3, 0.4) is 0 Å². The number of hydrogen-bond donors (Lipinski definition) is 1. The summed E-state index contributed by atoms with van der Waals surface area (Å²) in [5.74, 6) is 0.845. The lowest BCUT2D eigenvalue weighted by atomic mass is 10.1. The van der Waals surface area contributed by atoms with Crippen molar-refractivity contribution in [1.29, 1.82) is 0 Å². The largest absolute Gasteiger partial charge is 0.419 e. The zero-order valence-electron chi connectivity index (χ0n) is 10.4. The summed E-state index contributed by atoms with van der Waals surface area (Å²) in [4.78, 5) is 11.1. The van der Waals surface area contributed by atoms with Crippen LogP contribution < -0.4 is 5.32 Å². The molecule has 1 aromatic heterocycles.